The molecule has 0 aliphatic rings. The van der Waals surface area contributed by atoms with Crippen molar-refractivity contribution in [2.75, 3.05) is 26.2 Å². The first-order valence-electron chi connectivity index (χ1n) is 5.30. The highest BCUT2D eigenvalue weighted by Gasteiger charge is 1.97. The van der Waals surface area contributed by atoms with E-state index in [0.29, 0.717) is 0 Å². The van der Waals surface area contributed by atoms with Crippen LogP contribution in [0.1, 0.15) is 33.1 Å². The van der Waals surface area contributed by atoms with Gasteiger partial charge in [-0.1, -0.05) is 20.4 Å². The van der Waals surface area contributed by atoms with E-state index in [9.17, 15) is 0 Å². The maximum Gasteiger partial charge on any atom is 0.0873 e. The van der Waals surface area contributed by atoms with Gasteiger partial charge in [-0.3, -0.25) is 0 Å². The second-order valence-corrected chi connectivity index (χ2v) is 3.13. The second-order valence-electron chi connectivity index (χ2n) is 3.13. The molecule has 0 aliphatic carbocycles. The van der Waals surface area contributed by atoms with Crippen molar-refractivity contribution in [1.29, 1.82) is 0 Å². The van der Waals surface area contributed by atoms with E-state index in [1.54, 1.807) is 0 Å². The standard InChI is InChI=1S/C11H23NO/c1-4-12(5-2)10-8-7-9-11-13-6-3/h6H,3-5,7-11H2,1-2H3. The van der Waals surface area contributed by atoms with Gasteiger partial charge >= 0.3 is 0 Å². The average Bonchev–Trinajstić information content (AvgIpc) is 2.17. The molecule has 0 saturated heterocycles. The van der Waals surface area contributed by atoms with Gasteiger partial charge in [-0.2, -0.15) is 0 Å². The Bertz CT molecular complexity index is 111. The molecule has 2 heteroatoms. The molecule has 13 heavy (non-hydrogen) atoms. The summed E-state index contributed by atoms with van der Waals surface area (Å²) in [6.07, 6.45) is 5.20. The van der Waals surface area contributed by atoms with Gasteiger partial charge < -0.3 is 9.64 Å². The first-order chi connectivity index (χ1) is 6.35. The molecule has 0 saturated carbocycles. The van der Waals surface area contributed by atoms with Crippen molar-refractivity contribution in [3.63, 3.8) is 0 Å². The number of hydrogen-bond donors (Lipinski definition) is 0. The summed E-state index contributed by atoms with van der Waals surface area (Å²) >= 11 is 0. The highest BCUT2D eigenvalue weighted by Crippen LogP contribution is 1.99. The van der Waals surface area contributed by atoms with Crippen molar-refractivity contribution in [2.24, 2.45) is 0 Å². The van der Waals surface area contributed by atoms with Crippen LogP contribution in [-0.2, 0) is 4.74 Å². The van der Waals surface area contributed by atoms with Gasteiger partial charge in [0.2, 0.25) is 0 Å². The molecule has 0 unspecified atom stereocenters. The third kappa shape index (κ3) is 7.85. The van der Waals surface area contributed by atoms with Crippen LogP contribution < -0.4 is 0 Å². The summed E-state index contributed by atoms with van der Waals surface area (Å²) in [6.45, 7) is 12.3. The Morgan fingerprint density at radius 1 is 1.15 bits per heavy atom. The van der Waals surface area contributed by atoms with Crippen LogP contribution in [0.15, 0.2) is 12.8 Å². The molecule has 0 bridgehead atoms. The van der Waals surface area contributed by atoms with Crippen LogP contribution in [0, 0.1) is 0 Å². The largest absolute Gasteiger partial charge is 0.502 e. The van der Waals surface area contributed by atoms with Crippen molar-refractivity contribution < 1.29 is 4.74 Å². The smallest absolute Gasteiger partial charge is 0.0873 e. The molecule has 0 atom stereocenters. The molecule has 0 fully saturated rings. The quantitative estimate of drug-likeness (QED) is 0.404. The molecule has 2 nitrogen and oxygen atoms in total. The lowest BCUT2D eigenvalue weighted by Gasteiger charge is -2.17. The SMILES string of the molecule is C=COCCCCCN(CC)CC. The molecular weight excluding hydrogens is 162 g/mol. The van der Waals surface area contributed by atoms with Crippen molar-refractivity contribution in [3.05, 3.63) is 12.8 Å². The fraction of sp³-hybridized carbons (Fsp3) is 0.818. The van der Waals surface area contributed by atoms with Gasteiger partial charge in [0.25, 0.3) is 0 Å². The number of ether oxygens (including phenoxy) is 1. The van der Waals surface area contributed by atoms with E-state index in [2.05, 4.69) is 25.3 Å². The molecular formula is C11H23NO. The van der Waals surface area contributed by atoms with E-state index in [0.717, 1.165) is 13.0 Å². The van der Waals surface area contributed by atoms with Crippen LogP contribution >= 0.6 is 0 Å². The van der Waals surface area contributed by atoms with Gasteiger partial charge in [-0.05, 0) is 38.9 Å². The lowest BCUT2D eigenvalue weighted by atomic mass is 10.2. The molecule has 0 heterocycles. The van der Waals surface area contributed by atoms with Crippen molar-refractivity contribution in [2.45, 2.75) is 33.1 Å². The van der Waals surface area contributed by atoms with E-state index < -0.39 is 0 Å². The molecule has 0 aliphatic heterocycles. The number of hydrogen-bond acceptors (Lipinski definition) is 2. The summed E-state index contributed by atoms with van der Waals surface area (Å²) in [4.78, 5) is 2.45. The van der Waals surface area contributed by atoms with E-state index in [4.69, 9.17) is 4.74 Å². The zero-order valence-corrected chi connectivity index (χ0v) is 9.09. The molecule has 0 amide bonds. The van der Waals surface area contributed by atoms with Gasteiger partial charge in [0.1, 0.15) is 0 Å². The summed E-state index contributed by atoms with van der Waals surface area (Å²) < 4.78 is 5.04. The number of rotatable bonds is 9. The van der Waals surface area contributed by atoms with Crippen molar-refractivity contribution in [3.8, 4) is 0 Å². The minimum atomic E-state index is 0.821. The molecule has 0 aromatic heterocycles. The van der Waals surface area contributed by atoms with E-state index >= 15 is 0 Å². The van der Waals surface area contributed by atoms with Crippen molar-refractivity contribution >= 4 is 0 Å². The van der Waals surface area contributed by atoms with E-state index in [1.165, 1.54) is 38.7 Å². The Morgan fingerprint density at radius 2 is 1.85 bits per heavy atom. The minimum absolute atomic E-state index is 0.821. The van der Waals surface area contributed by atoms with Crippen LogP contribution in [0.25, 0.3) is 0 Å². The highest BCUT2D eigenvalue weighted by molar-refractivity contribution is 4.53. The molecule has 0 aromatic rings. The summed E-state index contributed by atoms with van der Waals surface area (Å²) in [5.74, 6) is 0. The summed E-state index contributed by atoms with van der Waals surface area (Å²) in [5.41, 5.74) is 0. The van der Waals surface area contributed by atoms with Crippen LogP contribution in [-0.4, -0.2) is 31.1 Å². The first-order valence-corrected chi connectivity index (χ1v) is 5.30. The third-order valence-electron chi connectivity index (χ3n) is 2.25. The fourth-order valence-electron chi connectivity index (χ4n) is 1.32. The predicted molar refractivity (Wildman–Crippen MR) is 57.8 cm³/mol. The third-order valence-corrected chi connectivity index (χ3v) is 2.25. The molecule has 0 N–H and O–H groups in total. The molecule has 0 radical (unpaired) electrons. The Labute approximate surface area is 82.6 Å². The predicted octanol–water partition coefficient (Wildman–Crippen LogP) is 2.66. The molecule has 78 valence electrons. The van der Waals surface area contributed by atoms with Gasteiger partial charge in [0.05, 0.1) is 12.9 Å². The Hall–Kier alpha value is -0.500. The lowest BCUT2D eigenvalue weighted by Crippen LogP contribution is -2.23. The first kappa shape index (κ1) is 12.5. The average molecular weight is 185 g/mol. The van der Waals surface area contributed by atoms with Crippen LogP contribution in [0.2, 0.25) is 0 Å². The normalized spacial score (nSPS) is 10.4. The topological polar surface area (TPSA) is 12.5 Å². The van der Waals surface area contributed by atoms with Gasteiger partial charge in [0.15, 0.2) is 0 Å². The minimum Gasteiger partial charge on any atom is -0.502 e. The maximum absolute atomic E-state index is 5.04. The highest BCUT2D eigenvalue weighted by atomic mass is 16.5. The molecule has 0 aromatic carbocycles. The lowest BCUT2D eigenvalue weighted by molar-refractivity contribution is 0.235. The van der Waals surface area contributed by atoms with E-state index in [-0.39, 0.29) is 0 Å². The Kier molecular flexibility index (Phi) is 9.22. The zero-order chi connectivity index (χ0) is 9.94. The number of unbranched alkanes of at least 4 members (excludes halogenated alkanes) is 2. The summed E-state index contributed by atoms with van der Waals surface area (Å²) in [7, 11) is 0. The monoisotopic (exact) mass is 185 g/mol. The van der Waals surface area contributed by atoms with Crippen LogP contribution in [0.3, 0.4) is 0 Å². The molecule has 0 spiro atoms. The van der Waals surface area contributed by atoms with E-state index in [1.807, 2.05) is 0 Å². The fourth-order valence-corrected chi connectivity index (χ4v) is 1.32. The van der Waals surface area contributed by atoms with Gasteiger partial charge in [0, 0.05) is 0 Å². The van der Waals surface area contributed by atoms with Gasteiger partial charge in [-0.15, -0.1) is 0 Å². The Balaban J connectivity index is 3.09. The Morgan fingerprint density at radius 3 is 2.38 bits per heavy atom. The number of nitrogens with zero attached hydrogens (tertiary/aromatic N) is 1. The summed E-state index contributed by atoms with van der Waals surface area (Å²) in [6, 6.07) is 0. The van der Waals surface area contributed by atoms with Crippen LogP contribution in [0.4, 0.5) is 0 Å². The second kappa shape index (κ2) is 9.59. The maximum atomic E-state index is 5.04. The van der Waals surface area contributed by atoms with Gasteiger partial charge in [-0.25, -0.2) is 0 Å². The van der Waals surface area contributed by atoms with Crippen LogP contribution in [0.5, 0.6) is 0 Å². The molecule has 0 rings (SSSR count). The van der Waals surface area contributed by atoms with Crippen molar-refractivity contribution in [1.82, 2.24) is 4.90 Å². The summed E-state index contributed by atoms with van der Waals surface area (Å²) in [5, 5.41) is 0. The zero-order valence-electron chi connectivity index (χ0n) is 9.09.